The summed E-state index contributed by atoms with van der Waals surface area (Å²) in [7, 11) is 1.72. The summed E-state index contributed by atoms with van der Waals surface area (Å²) in [5.41, 5.74) is 1.08. The minimum Gasteiger partial charge on any atom is -0.444 e. The van der Waals surface area contributed by atoms with E-state index in [4.69, 9.17) is 16.3 Å². The van der Waals surface area contributed by atoms with Gasteiger partial charge >= 0.3 is 12.1 Å². The lowest BCUT2D eigenvalue weighted by molar-refractivity contribution is 0.0158. The van der Waals surface area contributed by atoms with Crippen LogP contribution in [0, 0.1) is 6.92 Å². The number of urea groups is 1. The van der Waals surface area contributed by atoms with Crippen LogP contribution in [0.1, 0.15) is 39.2 Å². The van der Waals surface area contributed by atoms with E-state index in [-0.39, 0.29) is 18.2 Å². The number of nitrogens with zero attached hydrogens (tertiary/aromatic N) is 2. The zero-order chi connectivity index (χ0) is 19.5. The Labute approximate surface area is 160 Å². The standard InChI is InChI=1S/C19H28ClN3O3/c1-13-8-9-14(11-16(13)20)21-17(24)23-10-6-7-15(12-23)22(5)18(25)26-19(2,3)4/h8-9,11,15H,6-7,10,12H2,1-5H3,(H,21,24). The monoisotopic (exact) mass is 381 g/mol. The number of piperidine rings is 1. The van der Waals surface area contributed by atoms with E-state index in [1.807, 2.05) is 39.8 Å². The predicted molar refractivity (Wildman–Crippen MR) is 104 cm³/mol. The number of benzene rings is 1. The molecule has 1 atom stereocenters. The summed E-state index contributed by atoms with van der Waals surface area (Å²) in [4.78, 5) is 28.1. The number of hydrogen-bond acceptors (Lipinski definition) is 3. The predicted octanol–water partition coefficient (Wildman–Crippen LogP) is 4.51. The van der Waals surface area contributed by atoms with E-state index in [2.05, 4.69) is 5.32 Å². The fourth-order valence-corrected chi connectivity index (χ4v) is 2.99. The van der Waals surface area contributed by atoms with E-state index in [0.717, 1.165) is 18.4 Å². The first-order valence-electron chi connectivity index (χ1n) is 8.85. The second-order valence-corrected chi connectivity index (χ2v) is 8.13. The van der Waals surface area contributed by atoms with Crippen molar-refractivity contribution in [2.24, 2.45) is 0 Å². The van der Waals surface area contributed by atoms with Crippen LogP contribution < -0.4 is 5.32 Å². The summed E-state index contributed by atoms with van der Waals surface area (Å²) in [5.74, 6) is 0. The van der Waals surface area contributed by atoms with Gasteiger partial charge in [0.2, 0.25) is 0 Å². The van der Waals surface area contributed by atoms with Crippen LogP contribution in [-0.4, -0.2) is 53.7 Å². The summed E-state index contributed by atoms with van der Waals surface area (Å²) in [6.45, 7) is 8.56. The number of nitrogens with one attached hydrogen (secondary N) is 1. The maximum absolute atomic E-state index is 12.6. The van der Waals surface area contributed by atoms with E-state index in [1.165, 1.54) is 0 Å². The number of anilines is 1. The molecule has 144 valence electrons. The second kappa shape index (κ2) is 8.16. The van der Waals surface area contributed by atoms with Gasteiger partial charge in [-0.15, -0.1) is 0 Å². The SMILES string of the molecule is Cc1ccc(NC(=O)N2CCCC(N(C)C(=O)OC(C)(C)C)C2)cc1Cl. The second-order valence-electron chi connectivity index (χ2n) is 7.73. The third-order valence-corrected chi connectivity index (χ3v) is 4.74. The fraction of sp³-hybridized carbons (Fsp3) is 0.579. The van der Waals surface area contributed by atoms with Gasteiger partial charge in [0.25, 0.3) is 0 Å². The quantitative estimate of drug-likeness (QED) is 0.819. The van der Waals surface area contributed by atoms with E-state index in [0.29, 0.717) is 23.8 Å². The minimum atomic E-state index is -0.540. The fourth-order valence-electron chi connectivity index (χ4n) is 2.81. The van der Waals surface area contributed by atoms with Crippen molar-refractivity contribution in [2.45, 2.75) is 52.2 Å². The van der Waals surface area contributed by atoms with Crippen LogP contribution in [0.3, 0.4) is 0 Å². The summed E-state index contributed by atoms with van der Waals surface area (Å²) in [5, 5.41) is 3.49. The number of hydrogen-bond donors (Lipinski definition) is 1. The molecule has 1 unspecified atom stereocenters. The molecule has 1 fully saturated rings. The highest BCUT2D eigenvalue weighted by Crippen LogP contribution is 2.22. The molecule has 1 aliphatic heterocycles. The van der Waals surface area contributed by atoms with Crippen LogP contribution in [0.2, 0.25) is 5.02 Å². The van der Waals surface area contributed by atoms with Crippen molar-refractivity contribution in [2.75, 3.05) is 25.5 Å². The normalized spacial score (nSPS) is 17.6. The molecule has 0 aliphatic carbocycles. The van der Waals surface area contributed by atoms with Crippen molar-refractivity contribution in [3.05, 3.63) is 28.8 Å². The number of likely N-dealkylation sites (N-methyl/N-ethyl adjacent to an activating group) is 1. The number of aryl methyl sites for hydroxylation is 1. The van der Waals surface area contributed by atoms with Gasteiger partial charge in [-0.2, -0.15) is 0 Å². The Morgan fingerprint density at radius 3 is 2.65 bits per heavy atom. The number of carbonyl (C=O) groups excluding carboxylic acids is 2. The average molecular weight is 382 g/mol. The number of ether oxygens (including phenoxy) is 1. The first-order valence-corrected chi connectivity index (χ1v) is 9.22. The van der Waals surface area contributed by atoms with Crippen LogP contribution in [0.4, 0.5) is 15.3 Å². The van der Waals surface area contributed by atoms with E-state index >= 15 is 0 Å². The van der Waals surface area contributed by atoms with Crippen LogP contribution >= 0.6 is 11.6 Å². The molecule has 3 amide bonds. The number of likely N-dealkylation sites (tertiary alicyclic amines) is 1. The molecular weight excluding hydrogens is 354 g/mol. The largest absolute Gasteiger partial charge is 0.444 e. The van der Waals surface area contributed by atoms with Crippen LogP contribution in [-0.2, 0) is 4.74 Å². The van der Waals surface area contributed by atoms with Crippen molar-refractivity contribution < 1.29 is 14.3 Å². The molecular formula is C19H28ClN3O3. The Morgan fingerprint density at radius 1 is 1.35 bits per heavy atom. The Bertz CT molecular complexity index is 672. The summed E-state index contributed by atoms with van der Waals surface area (Å²) in [6.07, 6.45) is 1.31. The first kappa shape index (κ1) is 20.4. The summed E-state index contributed by atoms with van der Waals surface area (Å²) < 4.78 is 5.42. The molecule has 26 heavy (non-hydrogen) atoms. The Balaban J connectivity index is 1.97. The van der Waals surface area contributed by atoms with Gasteiger partial charge in [0.1, 0.15) is 5.60 Å². The Kier molecular flexibility index (Phi) is 6.39. The number of rotatable bonds is 2. The van der Waals surface area contributed by atoms with Crippen LogP contribution in [0.5, 0.6) is 0 Å². The number of amides is 3. The van der Waals surface area contributed by atoms with Crippen molar-refractivity contribution >= 4 is 29.4 Å². The average Bonchev–Trinajstić information content (AvgIpc) is 2.56. The third kappa shape index (κ3) is 5.53. The van der Waals surface area contributed by atoms with Gasteiger partial charge in [0.05, 0.1) is 6.04 Å². The molecule has 2 rings (SSSR count). The Hall–Kier alpha value is -1.95. The van der Waals surface area contributed by atoms with E-state index < -0.39 is 5.60 Å². The lowest BCUT2D eigenvalue weighted by Gasteiger charge is -2.38. The van der Waals surface area contributed by atoms with Crippen molar-refractivity contribution in [1.82, 2.24) is 9.80 Å². The highest BCUT2D eigenvalue weighted by Gasteiger charge is 2.30. The molecule has 0 aromatic heterocycles. The minimum absolute atomic E-state index is 0.0639. The lowest BCUT2D eigenvalue weighted by Crippen LogP contribution is -2.52. The molecule has 1 aromatic carbocycles. The van der Waals surface area contributed by atoms with Crippen LogP contribution in [0.25, 0.3) is 0 Å². The smallest absolute Gasteiger partial charge is 0.410 e. The molecule has 0 bridgehead atoms. The van der Waals surface area contributed by atoms with Crippen molar-refractivity contribution in [1.29, 1.82) is 0 Å². The lowest BCUT2D eigenvalue weighted by atomic mass is 10.1. The third-order valence-electron chi connectivity index (χ3n) is 4.34. The number of carbonyl (C=O) groups is 2. The highest BCUT2D eigenvalue weighted by molar-refractivity contribution is 6.31. The van der Waals surface area contributed by atoms with E-state index in [1.54, 1.807) is 22.9 Å². The van der Waals surface area contributed by atoms with Gasteiger partial charge in [0.15, 0.2) is 0 Å². The van der Waals surface area contributed by atoms with Crippen molar-refractivity contribution in [3.8, 4) is 0 Å². The topological polar surface area (TPSA) is 61.9 Å². The van der Waals surface area contributed by atoms with Gasteiger partial charge in [-0.05, 0) is 58.2 Å². The van der Waals surface area contributed by atoms with Gasteiger partial charge in [-0.1, -0.05) is 17.7 Å². The molecule has 7 heteroatoms. The molecule has 0 saturated carbocycles. The zero-order valence-electron chi connectivity index (χ0n) is 16.1. The Morgan fingerprint density at radius 2 is 2.04 bits per heavy atom. The maximum Gasteiger partial charge on any atom is 0.410 e. The summed E-state index contributed by atoms with van der Waals surface area (Å²) in [6, 6.07) is 5.18. The zero-order valence-corrected chi connectivity index (χ0v) is 16.9. The molecule has 1 saturated heterocycles. The van der Waals surface area contributed by atoms with E-state index in [9.17, 15) is 9.59 Å². The highest BCUT2D eigenvalue weighted by atomic mass is 35.5. The molecule has 6 nitrogen and oxygen atoms in total. The van der Waals surface area contributed by atoms with Gasteiger partial charge in [-0.25, -0.2) is 9.59 Å². The first-order chi connectivity index (χ1) is 12.1. The number of halogens is 1. The molecule has 1 aromatic rings. The molecule has 0 radical (unpaired) electrons. The molecule has 1 heterocycles. The molecule has 1 aliphatic rings. The molecule has 0 spiro atoms. The van der Waals surface area contributed by atoms with Gasteiger partial charge in [-0.3, -0.25) is 0 Å². The van der Waals surface area contributed by atoms with Gasteiger partial charge < -0.3 is 19.9 Å². The molecule has 1 N–H and O–H groups in total. The van der Waals surface area contributed by atoms with Crippen molar-refractivity contribution in [3.63, 3.8) is 0 Å². The summed E-state index contributed by atoms with van der Waals surface area (Å²) >= 11 is 6.11. The van der Waals surface area contributed by atoms with Crippen LogP contribution in [0.15, 0.2) is 18.2 Å². The maximum atomic E-state index is 12.6. The van der Waals surface area contributed by atoms with Gasteiger partial charge in [0, 0.05) is 30.8 Å².